The van der Waals surface area contributed by atoms with Crippen LogP contribution in [-0.2, 0) is 6.42 Å². The second kappa shape index (κ2) is 6.60. The van der Waals surface area contributed by atoms with Gasteiger partial charge in [0.05, 0.1) is 12.5 Å². The van der Waals surface area contributed by atoms with E-state index in [9.17, 15) is 4.79 Å². The molecule has 100 valence electrons. The Bertz CT molecular complexity index is 630. The van der Waals surface area contributed by atoms with E-state index in [4.69, 9.17) is 16.9 Å². The molecule has 0 aromatic heterocycles. The van der Waals surface area contributed by atoms with Gasteiger partial charge in [0.15, 0.2) is 0 Å². The lowest BCUT2D eigenvalue weighted by Crippen LogP contribution is -2.19. The first kappa shape index (κ1) is 13.9. The zero-order valence-corrected chi connectivity index (χ0v) is 11.3. The van der Waals surface area contributed by atoms with Gasteiger partial charge in [0.25, 0.3) is 0 Å². The van der Waals surface area contributed by atoms with Crippen LogP contribution >= 0.6 is 11.6 Å². The van der Waals surface area contributed by atoms with Crippen LogP contribution in [0.2, 0.25) is 5.02 Å². The van der Waals surface area contributed by atoms with E-state index in [2.05, 4.69) is 16.7 Å². The molecule has 0 aliphatic heterocycles. The van der Waals surface area contributed by atoms with Crippen LogP contribution in [0, 0.1) is 11.3 Å². The lowest BCUT2D eigenvalue weighted by atomic mass is 10.1. The van der Waals surface area contributed by atoms with Crippen LogP contribution in [0.4, 0.5) is 16.2 Å². The molecule has 0 aliphatic rings. The van der Waals surface area contributed by atoms with Gasteiger partial charge in [0, 0.05) is 16.4 Å². The van der Waals surface area contributed by atoms with Crippen LogP contribution in [-0.4, -0.2) is 6.03 Å². The van der Waals surface area contributed by atoms with Crippen LogP contribution in [0.3, 0.4) is 0 Å². The second-order valence-corrected chi connectivity index (χ2v) is 4.55. The standard InChI is InChI=1S/C15H12ClN3O/c16-12-3-7-14(8-4-12)19-15(20)18-13-5-1-11(2-6-13)9-10-17/h1-8H,9H2,(H2,18,19,20). The smallest absolute Gasteiger partial charge is 0.308 e. The fourth-order valence-electron chi connectivity index (χ4n) is 1.62. The topological polar surface area (TPSA) is 64.9 Å². The summed E-state index contributed by atoms with van der Waals surface area (Å²) in [6.07, 6.45) is 0.358. The molecular weight excluding hydrogens is 274 g/mol. The minimum Gasteiger partial charge on any atom is -0.308 e. The summed E-state index contributed by atoms with van der Waals surface area (Å²) in [5.74, 6) is 0. The Morgan fingerprint density at radius 2 is 1.50 bits per heavy atom. The number of benzene rings is 2. The number of amides is 2. The number of urea groups is 1. The summed E-state index contributed by atoms with van der Waals surface area (Å²) in [5, 5.41) is 14.6. The van der Waals surface area contributed by atoms with E-state index in [1.807, 2.05) is 0 Å². The van der Waals surface area contributed by atoms with Crippen LogP contribution in [0.5, 0.6) is 0 Å². The molecule has 20 heavy (non-hydrogen) atoms. The predicted molar refractivity (Wildman–Crippen MR) is 79.9 cm³/mol. The third-order valence-electron chi connectivity index (χ3n) is 2.60. The molecule has 0 saturated heterocycles. The first-order chi connectivity index (χ1) is 9.67. The van der Waals surface area contributed by atoms with E-state index < -0.39 is 0 Å². The number of hydrogen-bond donors (Lipinski definition) is 2. The van der Waals surface area contributed by atoms with Crippen molar-refractivity contribution in [3.8, 4) is 6.07 Å². The van der Waals surface area contributed by atoms with Crippen LogP contribution in [0.1, 0.15) is 5.56 Å². The van der Waals surface area contributed by atoms with Crippen LogP contribution in [0.25, 0.3) is 0 Å². The number of nitrogens with one attached hydrogen (secondary N) is 2. The molecule has 2 rings (SSSR count). The van der Waals surface area contributed by atoms with Crippen molar-refractivity contribution in [3.05, 3.63) is 59.1 Å². The average molecular weight is 286 g/mol. The van der Waals surface area contributed by atoms with Gasteiger partial charge in [-0.2, -0.15) is 5.26 Å². The van der Waals surface area contributed by atoms with Gasteiger partial charge in [-0.05, 0) is 42.0 Å². The highest BCUT2D eigenvalue weighted by molar-refractivity contribution is 6.30. The summed E-state index contributed by atoms with van der Waals surface area (Å²) in [5.41, 5.74) is 2.24. The molecule has 0 bridgehead atoms. The van der Waals surface area contributed by atoms with Gasteiger partial charge in [0.2, 0.25) is 0 Å². The number of carbonyl (C=O) groups excluding carboxylic acids is 1. The van der Waals surface area contributed by atoms with Crippen molar-refractivity contribution in [2.24, 2.45) is 0 Å². The molecular formula is C15H12ClN3O. The van der Waals surface area contributed by atoms with E-state index in [0.29, 0.717) is 22.8 Å². The number of halogens is 1. The molecule has 0 aliphatic carbocycles. The predicted octanol–water partition coefficient (Wildman–Crippen LogP) is 4.05. The Balaban J connectivity index is 1.94. The van der Waals surface area contributed by atoms with Crippen molar-refractivity contribution in [2.75, 3.05) is 10.6 Å². The largest absolute Gasteiger partial charge is 0.323 e. The number of nitriles is 1. The third-order valence-corrected chi connectivity index (χ3v) is 2.85. The molecule has 2 amide bonds. The van der Waals surface area contributed by atoms with Crippen molar-refractivity contribution in [1.29, 1.82) is 5.26 Å². The fourth-order valence-corrected chi connectivity index (χ4v) is 1.75. The van der Waals surface area contributed by atoms with Gasteiger partial charge < -0.3 is 10.6 Å². The number of carbonyl (C=O) groups is 1. The number of hydrogen-bond acceptors (Lipinski definition) is 2. The summed E-state index contributed by atoms with van der Waals surface area (Å²) < 4.78 is 0. The zero-order chi connectivity index (χ0) is 14.4. The van der Waals surface area contributed by atoms with E-state index in [0.717, 1.165) is 5.56 Å². The fraction of sp³-hybridized carbons (Fsp3) is 0.0667. The summed E-state index contributed by atoms with van der Waals surface area (Å²) in [6.45, 7) is 0. The second-order valence-electron chi connectivity index (χ2n) is 4.12. The van der Waals surface area contributed by atoms with E-state index >= 15 is 0 Å². The van der Waals surface area contributed by atoms with Gasteiger partial charge in [0.1, 0.15) is 0 Å². The first-order valence-electron chi connectivity index (χ1n) is 5.97. The molecule has 4 nitrogen and oxygen atoms in total. The highest BCUT2D eigenvalue weighted by Gasteiger charge is 2.02. The Morgan fingerprint density at radius 1 is 1.00 bits per heavy atom. The van der Waals surface area contributed by atoms with Crippen molar-refractivity contribution >= 4 is 29.0 Å². The number of anilines is 2. The van der Waals surface area contributed by atoms with E-state index in [-0.39, 0.29) is 6.03 Å². The summed E-state index contributed by atoms with van der Waals surface area (Å²) in [7, 11) is 0. The van der Waals surface area contributed by atoms with Gasteiger partial charge >= 0.3 is 6.03 Å². The van der Waals surface area contributed by atoms with Crippen molar-refractivity contribution in [3.63, 3.8) is 0 Å². The van der Waals surface area contributed by atoms with Gasteiger partial charge in [-0.1, -0.05) is 23.7 Å². The molecule has 2 N–H and O–H groups in total. The molecule has 0 radical (unpaired) electrons. The lowest BCUT2D eigenvalue weighted by Gasteiger charge is -2.08. The highest BCUT2D eigenvalue weighted by atomic mass is 35.5. The Hall–Kier alpha value is -2.51. The molecule has 2 aromatic carbocycles. The molecule has 0 heterocycles. The lowest BCUT2D eigenvalue weighted by molar-refractivity contribution is 0.262. The molecule has 0 fully saturated rings. The summed E-state index contributed by atoms with van der Waals surface area (Å²) in [4.78, 5) is 11.8. The molecule has 0 atom stereocenters. The summed E-state index contributed by atoms with van der Waals surface area (Å²) >= 11 is 5.77. The van der Waals surface area contributed by atoms with E-state index in [1.54, 1.807) is 48.5 Å². The Morgan fingerprint density at radius 3 is 2.00 bits per heavy atom. The monoisotopic (exact) mass is 285 g/mol. The van der Waals surface area contributed by atoms with Gasteiger partial charge in [-0.3, -0.25) is 0 Å². The maximum Gasteiger partial charge on any atom is 0.323 e. The van der Waals surface area contributed by atoms with Crippen molar-refractivity contribution in [1.82, 2.24) is 0 Å². The highest BCUT2D eigenvalue weighted by Crippen LogP contribution is 2.14. The zero-order valence-electron chi connectivity index (χ0n) is 10.6. The minimum absolute atomic E-state index is 0.333. The minimum atomic E-state index is -0.333. The third kappa shape index (κ3) is 4.01. The molecule has 5 heteroatoms. The van der Waals surface area contributed by atoms with Gasteiger partial charge in [-0.15, -0.1) is 0 Å². The van der Waals surface area contributed by atoms with Crippen molar-refractivity contribution in [2.45, 2.75) is 6.42 Å². The Labute approximate surface area is 122 Å². The normalized spacial score (nSPS) is 9.60. The number of rotatable bonds is 3. The molecule has 0 spiro atoms. The quantitative estimate of drug-likeness (QED) is 0.893. The molecule has 0 unspecified atom stereocenters. The van der Waals surface area contributed by atoms with Crippen LogP contribution in [0.15, 0.2) is 48.5 Å². The molecule has 2 aromatic rings. The molecule has 0 saturated carbocycles. The maximum absolute atomic E-state index is 11.8. The summed E-state index contributed by atoms with van der Waals surface area (Å²) in [6, 6.07) is 15.7. The van der Waals surface area contributed by atoms with Gasteiger partial charge in [-0.25, -0.2) is 4.79 Å². The Kier molecular flexibility index (Phi) is 4.59. The van der Waals surface area contributed by atoms with Crippen LogP contribution < -0.4 is 10.6 Å². The SMILES string of the molecule is N#CCc1ccc(NC(=O)Nc2ccc(Cl)cc2)cc1. The van der Waals surface area contributed by atoms with Crippen molar-refractivity contribution < 1.29 is 4.79 Å². The first-order valence-corrected chi connectivity index (χ1v) is 6.34. The number of nitrogens with zero attached hydrogens (tertiary/aromatic N) is 1. The maximum atomic E-state index is 11.8. The average Bonchev–Trinajstić information content (AvgIpc) is 2.44. The van der Waals surface area contributed by atoms with E-state index in [1.165, 1.54) is 0 Å².